The molecule has 2 aromatic rings. The van der Waals surface area contributed by atoms with Crippen molar-refractivity contribution < 1.29 is 13.9 Å². The number of guanidine groups is 1. The van der Waals surface area contributed by atoms with Crippen molar-refractivity contribution in [3.63, 3.8) is 0 Å². The Morgan fingerprint density at radius 2 is 1.93 bits per heavy atom. The second kappa shape index (κ2) is 6.31. The number of halogens is 1. The first-order valence-electron chi connectivity index (χ1n) is 9.73. The van der Waals surface area contributed by atoms with Crippen molar-refractivity contribution in [3.8, 4) is 16.9 Å². The van der Waals surface area contributed by atoms with E-state index in [1.54, 1.807) is 7.05 Å². The van der Waals surface area contributed by atoms with E-state index in [1.807, 2.05) is 31.2 Å². The van der Waals surface area contributed by atoms with E-state index in [-0.39, 0.29) is 29.2 Å². The average Bonchev–Trinajstić information content (AvgIpc) is 2.84. The van der Waals surface area contributed by atoms with Gasteiger partial charge in [0.1, 0.15) is 17.7 Å². The van der Waals surface area contributed by atoms with Gasteiger partial charge in [0, 0.05) is 19.0 Å². The van der Waals surface area contributed by atoms with Gasteiger partial charge in [-0.15, -0.1) is 0 Å². The second-order valence-electron chi connectivity index (χ2n) is 9.10. The van der Waals surface area contributed by atoms with Crippen LogP contribution in [0, 0.1) is 18.2 Å². The van der Waals surface area contributed by atoms with Crippen molar-refractivity contribution >= 4 is 11.9 Å². The summed E-state index contributed by atoms with van der Waals surface area (Å²) in [5.74, 6) is 0.354. The first kappa shape index (κ1) is 19.4. The number of aryl methyl sites for hydroxylation is 1. The summed E-state index contributed by atoms with van der Waals surface area (Å²) in [6.07, 6.45) is 0.197. The van der Waals surface area contributed by atoms with Crippen LogP contribution in [0.4, 0.5) is 4.39 Å². The molecule has 4 rings (SSSR count). The average molecular weight is 395 g/mol. The molecule has 2 aromatic carbocycles. The third-order valence-electron chi connectivity index (χ3n) is 5.82. The normalized spacial score (nSPS) is 23.8. The molecule has 6 heteroatoms. The van der Waals surface area contributed by atoms with Crippen LogP contribution >= 0.6 is 0 Å². The highest BCUT2D eigenvalue weighted by molar-refractivity contribution is 6.07. The lowest BCUT2D eigenvalue weighted by Gasteiger charge is -2.42. The van der Waals surface area contributed by atoms with E-state index < -0.39 is 5.54 Å². The highest BCUT2D eigenvalue weighted by atomic mass is 19.1. The van der Waals surface area contributed by atoms with Crippen LogP contribution < -0.4 is 10.5 Å². The maximum Gasteiger partial charge on any atom is 0.261 e. The first-order chi connectivity index (χ1) is 13.5. The molecule has 0 saturated carbocycles. The van der Waals surface area contributed by atoms with E-state index in [2.05, 4.69) is 25.8 Å². The van der Waals surface area contributed by atoms with Crippen molar-refractivity contribution in [2.75, 3.05) is 7.05 Å². The van der Waals surface area contributed by atoms with Gasteiger partial charge in [0.25, 0.3) is 5.91 Å². The maximum absolute atomic E-state index is 14.0. The van der Waals surface area contributed by atoms with E-state index in [4.69, 9.17) is 10.5 Å². The zero-order valence-electron chi connectivity index (χ0n) is 17.4. The van der Waals surface area contributed by atoms with Crippen LogP contribution in [0.3, 0.4) is 0 Å². The highest BCUT2D eigenvalue weighted by Gasteiger charge is 2.55. The van der Waals surface area contributed by atoms with Crippen LogP contribution in [0.25, 0.3) is 11.1 Å². The zero-order chi connectivity index (χ0) is 21.1. The summed E-state index contributed by atoms with van der Waals surface area (Å²) < 4.78 is 20.3. The second-order valence-corrected chi connectivity index (χ2v) is 9.10. The molecule has 5 nitrogen and oxygen atoms in total. The summed E-state index contributed by atoms with van der Waals surface area (Å²) in [5.41, 5.74) is 7.79. The third kappa shape index (κ3) is 3.07. The number of hydrogen-bond acceptors (Lipinski definition) is 4. The molecule has 0 fully saturated rings. The van der Waals surface area contributed by atoms with Gasteiger partial charge in [0.2, 0.25) is 0 Å². The largest absolute Gasteiger partial charge is 0.489 e. The number of amides is 1. The van der Waals surface area contributed by atoms with Crippen LogP contribution in [0.5, 0.6) is 5.75 Å². The van der Waals surface area contributed by atoms with Gasteiger partial charge in [-0.3, -0.25) is 9.69 Å². The number of carbonyl (C=O) groups excluding carboxylic acids is 1. The quantitative estimate of drug-likeness (QED) is 0.794. The lowest BCUT2D eigenvalue weighted by atomic mass is 9.74. The van der Waals surface area contributed by atoms with E-state index >= 15 is 0 Å². The Morgan fingerprint density at radius 3 is 2.52 bits per heavy atom. The van der Waals surface area contributed by atoms with Crippen LogP contribution in [0.1, 0.15) is 38.3 Å². The minimum absolute atomic E-state index is 0.165. The molecule has 2 aliphatic heterocycles. The van der Waals surface area contributed by atoms with Gasteiger partial charge >= 0.3 is 0 Å². The molecule has 29 heavy (non-hydrogen) atoms. The molecule has 2 heterocycles. The molecule has 0 aliphatic carbocycles. The molecule has 0 saturated heterocycles. The number of hydrogen-bond donors (Lipinski definition) is 1. The molecule has 2 N–H and O–H groups in total. The zero-order valence-corrected chi connectivity index (χ0v) is 17.4. The summed E-state index contributed by atoms with van der Waals surface area (Å²) in [6, 6.07) is 10.5. The molecule has 0 bridgehead atoms. The smallest absolute Gasteiger partial charge is 0.261 e. The fourth-order valence-electron chi connectivity index (χ4n) is 4.10. The first-order valence-corrected chi connectivity index (χ1v) is 9.73. The van der Waals surface area contributed by atoms with Crippen LogP contribution in [0.2, 0.25) is 0 Å². The molecule has 1 amide bonds. The van der Waals surface area contributed by atoms with E-state index in [0.717, 1.165) is 16.7 Å². The van der Waals surface area contributed by atoms with Crippen molar-refractivity contribution in [1.82, 2.24) is 4.90 Å². The Hall–Kier alpha value is -2.89. The Kier molecular flexibility index (Phi) is 4.22. The monoisotopic (exact) mass is 395 g/mol. The molecular formula is C23H26FN3O2. The summed E-state index contributed by atoms with van der Waals surface area (Å²) in [6.45, 7) is 8.09. The lowest BCUT2D eigenvalue weighted by Crippen LogP contribution is -2.48. The van der Waals surface area contributed by atoms with Crippen molar-refractivity contribution in [1.29, 1.82) is 0 Å². The standard InChI is InChI=1S/C23H26FN3O2/c1-13-8-15(10-16(24)9-13)14-6-7-18-17(11-14)23(12-19(29-18)22(2,3)4)20(28)27(5)21(25)26-23/h6-11,19H,12H2,1-5H3,(H2,25,26)/t19-,23-/m1/s1. The fraction of sp³-hybridized carbons (Fsp3) is 0.391. The number of aliphatic imine (C=N–C) groups is 1. The van der Waals surface area contributed by atoms with E-state index in [0.29, 0.717) is 17.7 Å². The predicted molar refractivity (Wildman–Crippen MR) is 111 cm³/mol. The molecule has 152 valence electrons. The number of fused-ring (bicyclic) bond motifs is 2. The number of likely N-dealkylation sites (N-methyl/N-ethyl adjacent to an activating group) is 1. The van der Waals surface area contributed by atoms with Crippen molar-refractivity contribution in [3.05, 3.63) is 53.3 Å². The fourth-order valence-corrected chi connectivity index (χ4v) is 4.10. The Labute approximate surface area is 170 Å². The van der Waals surface area contributed by atoms with Crippen LogP contribution in [-0.4, -0.2) is 29.9 Å². The number of carbonyl (C=O) groups is 1. The van der Waals surface area contributed by atoms with Crippen molar-refractivity contribution in [2.24, 2.45) is 16.1 Å². The van der Waals surface area contributed by atoms with Gasteiger partial charge < -0.3 is 10.5 Å². The van der Waals surface area contributed by atoms with Gasteiger partial charge in [-0.05, 0) is 53.3 Å². The minimum atomic E-state index is -1.12. The number of ether oxygens (including phenoxy) is 1. The van der Waals surface area contributed by atoms with Gasteiger partial charge in [-0.1, -0.05) is 32.9 Å². The Morgan fingerprint density at radius 1 is 1.21 bits per heavy atom. The topological polar surface area (TPSA) is 67.9 Å². The van der Waals surface area contributed by atoms with Gasteiger partial charge in [-0.2, -0.15) is 0 Å². The molecule has 0 unspecified atom stereocenters. The van der Waals surface area contributed by atoms with Crippen LogP contribution in [-0.2, 0) is 10.3 Å². The summed E-state index contributed by atoms with van der Waals surface area (Å²) in [7, 11) is 1.64. The number of nitrogens with zero attached hydrogens (tertiary/aromatic N) is 2. The van der Waals surface area contributed by atoms with Gasteiger partial charge in [-0.25, -0.2) is 9.38 Å². The maximum atomic E-state index is 14.0. The molecule has 1 spiro atoms. The predicted octanol–water partition coefficient (Wildman–Crippen LogP) is 3.98. The summed E-state index contributed by atoms with van der Waals surface area (Å²) in [5, 5.41) is 0. The third-order valence-corrected chi connectivity index (χ3v) is 5.82. The molecule has 0 aromatic heterocycles. The molecule has 0 radical (unpaired) electrons. The Bertz CT molecular complexity index is 1020. The summed E-state index contributed by atoms with van der Waals surface area (Å²) in [4.78, 5) is 19.3. The van der Waals surface area contributed by atoms with Crippen LogP contribution in [0.15, 0.2) is 41.4 Å². The molecular weight excluding hydrogens is 369 g/mol. The Balaban J connectivity index is 1.91. The number of benzene rings is 2. The lowest BCUT2D eigenvalue weighted by molar-refractivity contribution is -0.133. The number of nitrogens with two attached hydrogens (primary N) is 1. The van der Waals surface area contributed by atoms with E-state index in [9.17, 15) is 9.18 Å². The summed E-state index contributed by atoms with van der Waals surface area (Å²) >= 11 is 0. The SMILES string of the molecule is Cc1cc(F)cc(-c2ccc3c(c2)[C@@]2(C[C@H](C(C)(C)C)O3)N=C(N)N(C)C2=O)c1. The molecule has 2 aliphatic rings. The minimum Gasteiger partial charge on any atom is -0.489 e. The number of rotatable bonds is 1. The highest BCUT2D eigenvalue weighted by Crippen LogP contribution is 2.49. The van der Waals surface area contributed by atoms with Gasteiger partial charge in [0.15, 0.2) is 11.5 Å². The van der Waals surface area contributed by atoms with E-state index in [1.165, 1.54) is 17.0 Å². The van der Waals surface area contributed by atoms with Crippen molar-refractivity contribution in [2.45, 2.75) is 45.8 Å². The van der Waals surface area contributed by atoms with Gasteiger partial charge in [0.05, 0.1) is 0 Å². The molecule has 2 atom stereocenters.